The number of nitrogens with zero attached hydrogens (tertiary/aromatic N) is 4. The van der Waals surface area contributed by atoms with Crippen LogP contribution < -0.4 is 5.32 Å². The fourth-order valence-corrected chi connectivity index (χ4v) is 3.63. The van der Waals surface area contributed by atoms with Crippen LogP contribution in [0.3, 0.4) is 0 Å². The Morgan fingerprint density at radius 1 is 1.36 bits per heavy atom. The van der Waals surface area contributed by atoms with E-state index >= 15 is 0 Å². The van der Waals surface area contributed by atoms with Gasteiger partial charge in [0, 0.05) is 12.2 Å². The lowest BCUT2D eigenvalue weighted by Crippen LogP contribution is -2.30. The zero-order valence-electron chi connectivity index (χ0n) is 13.3. The smallest absolute Gasteiger partial charge is 0.226 e. The van der Waals surface area contributed by atoms with Gasteiger partial charge in [-0.15, -0.1) is 5.10 Å². The summed E-state index contributed by atoms with van der Waals surface area (Å²) in [6.07, 6.45) is 0.774. The Bertz CT molecular complexity index is 769. The van der Waals surface area contributed by atoms with Crippen molar-refractivity contribution in [3.63, 3.8) is 0 Å². The number of ether oxygens (including phenoxy) is 1. The molecule has 2 aliphatic rings. The topological polar surface area (TPSA) is 105 Å². The number of aliphatic hydroxyl groups is 2. The maximum Gasteiger partial charge on any atom is 0.226 e. The molecule has 10 heteroatoms. The summed E-state index contributed by atoms with van der Waals surface area (Å²) in [4.78, 5) is 8.31. The molecule has 25 heavy (non-hydrogen) atoms. The van der Waals surface area contributed by atoms with Gasteiger partial charge in [0.15, 0.2) is 18.0 Å². The molecule has 1 aliphatic heterocycles. The van der Waals surface area contributed by atoms with Crippen LogP contribution >= 0.6 is 11.6 Å². The summed E-state index contributed by atoms with van der Waals surface area (Å²) in [7, 11) is 0. The van der Waals surface area contributed by atoms with E-state index in [9.17, 15) is 9.50 Å². The molecule has 1 saturated carbocycles. The Kier molecular flexibility index (Phi) is 4.48. The van der Waals surface area contributed by atoms with Gasteiger partial charge in [0.25, 0.3) is 0 Å². The van der Waals surface area contributed by atoms with Crippen LogP contribution in [0.4, 0.5) is 10.2 Å². The summed E-state index contributed by atoms with van der Waals surface area (Å²) in [5, 5.41) is 27.2. The van der Waals surface area contributed by atoms with Gasteiger partial charge in [0.1, 0.15) is 18.0 Å². The molecule has 1 saturated heterocycles. The highest BCUT2D eigenvalue weighted by Crippen LogP contribution is 2.33. The van der Waals surface area contributed by atoms with Gasteiger partial charge in [-0.05, 0) is 24.4 Å². The van der Waals surface area contributed by atoms with Gasteiger partial charge in [-0.3, -0.25) is 0 Å². The standard InChI is InChI=1S/C15H19ClFN5O3/c16-15-19-12(18-7-3-1-2-4-7)8-5-22(21-13(8)20-15)14-10(17)11(24)9(6-23)25-14/h5,7,9-11,14,23-24H,1-4,6H2,(H,18,19,20,21)/t9-,10+,11-,14?/m1/s1. The average molecular weight is 372 g/mol. The minimum absolute atomic E-state index is 0.0515. The van der Waals surface area contributed by atoms with Crippen molar-refractivity contribution in [2.75, 3.05) is 11.9 Å². The van der Waals surface area contributed by atoms with Crippen LogP contribution in [-0.2, 0) is 4.74 Å². The fourth-order valence-electron chi connectivity index (χ4n) is 3.47. The number of aromatic nitrogens is 4. The summed E-state index contributed by atoms with van der Waals surface area (Å²) in [6, 6.07) is 0.315. The molecule has 4 atom stereocenters. The normalized spacial score (nSPS) is 30.4. The van der Waals surface area contributed by atoms with Crippen molar-refractivity contribution < 1.29 is 19.3 Å². The molecule has 2 aromatic rings. The number of hydrogen-bond acceptors (Lipinski definition) is 7. The third-order valence-corrected chi connectivity index (χ3v) is 4.97. The predicted octanol–water partition coefficient (Wildman–Crippen LogP) is 1.42. The molecule has 1 aliphatic carbocycles. The van der Waals surface area contributed by atoms with E-state index < -0.39 is 31.2 Å². The molecule has 0 amide bonds. The molecule has 2 fully saturated rings. The monoisotopic (exact) mass is 371 g/mol. The van der Waals surface area contributed by atoms with Crippen molar-refractivity contribution in [1.29, 1.82) is 0 Å². The zero-order valence-corrected chi connectivity index (χ0v) is 14.1. The van der Waals surface area contributed by atoms with Crippen molar-refractivity contribution in [3.05, 3.63) is 11.5 Å². The van der Waals surface area contributed by atoms with E-state index in [1.54, 1.807) is 6.20 Å². The predicted molar refractivity (Wildman–Crippen MR) is 88.1 cm³/mol. The molecule has 3 N–H and O–H groups in total. The number of alkyl halides is 1. The first-order chi connectivity index (χ1) is 12.1. The molecule has 1 unspecified atom stereocenters. The molecule has 136 valence electrons. The Morgan fingerprint density at radius 2 is 2.12 bits per heavy atom. The summed E-state index contributed by atoms with van der Waals surface area (Å²) >= 11 is 5.99. The maximum absolute atomic E-state index is 14.3. The van der Waals surface area contributed by atoms with Crippen LogP contribution in [0.5, 0.6) is 0 Å². The second-order valence-electron chi connectivity index (χ2n) is 6.50. The molecular formula is C15H19ClFN5O3. The molecular weight excluding hydrogens is 353 g/mol. The molecule has 0 radical (unpaired) electrons. The van der Waals surface area contributed by atoms with Gasteiger partial charge in [-0.25, -0.2) is 9.07 Å². The number of anilines is 1. The zero-order chi connectivity index (χ0) is 17.6. The number of halogens is 2. The lowest BCUT2D eigenvalue weighted by molar-refractivity contribution is -0.0519. The van der Waals surface area contributed by atoms with Gasteiger partial charge in [0.05, 0.1) is 12.0 Å². The minimum Gasteiger partial charge on any atom is -0.394 e. The summed E-state index contributed by atoms with van der Waals surface area (Å²) in [6.45, 7) is -0.473. The Balaban J connectivity index is 1.67. The lowest BCUT2D eigenvalue weighted by Gasteiger charge is -2.13. The van der Waals surface area contributed by atoms with E-state index in [2.05, 4.69) is 20.4 Å². The van der Waals surface area contributed by atoms with Gasteiger partial charge in [0.2, 0.25) is 5.28 Å². The molecule has 0 spiro atoms. The first kappa shape index (κ1) is 16.9. The van der Waals surface area contributed by atoms with Crippen molar-refractivity contribution in [2.24, 2.45) is 0 Å². The summed E-state index contributed by atoms with van der Waals surface area (Å²) in [5.74, 6) is 0.556. The van der Waals surface area contributed by atoms with E-state index in [-0.39, 0.29) is 5.28 Å². The third-order valence-electron chi connectivity index (χ3n) is 4.80. The van der Waals surface area contributed by atoms with Crippen LogP contribution in [0.1, 0.15) is 31.9 Å². The van der Waals surface area contributed by atoms with Crippen molar-refractivity contribution in [2.45, 2.75) is 56.3 Å². The van der Waals surface area contributed by atoms with E-state index in [4.69, 9.17) is 21.4 Å². The van der Waals surface area contributed by atoms with Gasteiger partial charge in [-0.1, -0.05) is 12.8 Å². The maximum atomic E-state index is 14.3. The first-order valence-electron chi connectivity index (χ1n) is 8.34. The van der Waals surface area contributed by atoms with E-state index in [0.717, 1.165) is 12.8 Å². The van der Waals surface area contributed by atoms with Crippen LogP contribution in [0.25, 0.3) is 11.0 Å². The molecule has 8 nitrogen and oxygen atoms in total. The van der Waals surface area contributed by atoms with Crippen molar-refractivity contribution in [1.82, 2.24) is 19.7 Å². The first-order valence-corrected chi connectivity index (χ1v) is 8.72. The molecule has 2 aromatic heterocycles. The van der Waals surface area contributed by atoms with Crippen molar-refractivity contribution >= 4 is 28.5 Å². The number of hydrogen-bond donors (Lipinski definition) is 3. The SMILES string of the molecule is OC[C@H]1OC(n2cc3c(NC4CCCC4)nc(Cl)nc3n2)[C@@H](F)[C@@H]1O. The highest BCUT2D eigenvalue weighted by atomic mass is 35.5. The Labute approximate surface area is 148 Å². The second kappa shape index (κ2) is 6.64. The third kappa shape index (κ3) is 3.05. The van der Waals surface area contributed by atoms with Crippen LogP contribution in [0.2, 0.25) is 5.28 Å². The average Bonchev–Trinajstić information content (AvgIpc) is 3.29. The highest BCUT2D eigenvalue weighted by Gasteiger charge is 2.45. The van der Waals surface area contributed by atoms with Crippen LogP contribution in [0, 0.1) is 0 Å². The molecule has 0 bridgehead atoms. The largest absolute Gasteiger partial charge is 0.394 e. The van der Waals surface area contributed by atoms with Gasteiger partial charge < -0.3 is 20.3 Å². The van der Waals surface area contributed by atoms with Crippen molar-refractivity contribution in [3.8, 4) is 0 Å². The number of aliphatic hydroxyl groups excluding tert-OH is 2. The quantitative estimate of drug-likeness (QED) is 0.698. The molecule has 4 rings (SSSR count). The van der Waals surface area contributed by atoms with E-state index in [1.165, 1.54) is 17.5 Å². The summed E-state index contributed by atoms with van der Waals surface area (Å²) < 4.78 is 21.0. The van der Waals surface area contributed by atoms with Gasteiger partial charge in [-0.2, -0.15) is 9.97 Å². The lowest BCUT2D eigenvalue weighted by atomic mass is 10.1. The van der Waals surface area contributed by atoms with Gasteiger partial charge >= 0.3 is 0 Å². The number of rotatable bonds is 4. The minimum atomic E-state index is -1.71. The van der Waals surface area contributed by atoms with Crippen LogP contribution in [0.15, 0.2) is 6.20 Å². The summed E-state index contributed by atoms with van der Waals surface area (Å²) in [5.41, 5.74) is 0.318. The number of nitrogens with one attached hydrogen (secondary N) is 1. The fraction of sp³-hybridized carbons (Fsp3) is 0.667. The Hall–Kier alpha value is -1.55. The molecule has 0 aromatic carbocycles. The number of fused-ring (bicyclic) bond motifs is 1. The Morgan fingerprint density at radius 3 is 2.80 bits per heavy atom. The highest BCUT2D eigenvalue weighted by molar-refractivity contribution is 6.28. The van der Waals surface area contributed by atoms with Crippen LogP contribution in [-0.4, -0.2) is 61.0 Å². The van der Waals surface area contributed by atoms with E-state index in [0.29, 0.717) is 22.9 Å². The second-order valence-corrected chi connectivity index (χ2v) is 6.83. The van der Waals surface area contributed by atoms with E-state index in [1.807, 2.05) is 0 Å². The molecule has 3 heterocycles.